The molecular weight excluding hydrogens is 510 g/mol. The van der Waals surface area contributed by atoms with E-state index in [9.17, 15) is 0 Å². The molecular formula is C40H25NO. The fraction of sp³-hybridized carbons (Fsp3) is 0. The molecule has 2 nitrogen and oxygen atoms in total. The predicted octanol–water partition coefficient (Wildman–Crippen LogP) is 11.7. The largest absolute Gasteiger partial charge is 0.456 e. The first-order valence-corrected chi connectivity index (χ1v) is 14.4. The Hall–Kier alpha value is -5.60. The Balaban J connectivity index is 1.42. The van der Waals surface area contributed by atoms with Crippen molar-refractivity contribution in [2.75, 3.05) is 4.90 Å². The van der Waals surface area contributed by atoms with E-state index in [4.69, 9.17) is 4.42 Å². The van der Waals surface area contributed by atoms with Crippen molar-refractivity contribution >= 4 is 82.1 Å². The Morgan fingerprint density at radius 2 is 0.810 bits per heavy atom. The van der Waals surface area contributed by atoms with Crippen molar-refractivity contribution < 1.29 is 4.42 Å². The van der Waals surface area contributed by atoms with E-state index in [1.54, 1.807) is 0 Å². The predicted molar refractivity (Wildman–Crippen MR) is 178 cm³/mol. The van der Waals surface area contributed by atoms with E-state index < -0.39 is 0 Å². The van der Waals surface area contributed by atoms with E-state index in [0.29, 0.717) is 0 Å². The van der Waals surface area contributed by atoms with Gasteiger partial charge in [-0.25, -0.2) is 0 Å². The highest BCUT2D eigenvalue weighted by molar-refractivity contribution is 6.21. The zero-order chi connectivity index (χ0) is 27.6. The molecule has 0 aliphatic heterocycles. The van der Waals surface area contributed by atoms with Gasteiger partial charge in [-0.3, -0.25) is 0 Å². The molecule has 0 unspecified atom stereocenters. The molecule has 0 atom stereocenters. The van der Waals surface area contributed by atoms with Gasteiger partial charge in [0.2, 0.25) is 0 Å². The maximum absolute atomic E-state index is 6.36. The summed E-state index contributed by atoms with van der Waals surface area (Å²) in [5, 5.41) is 12.2. The number of fused-ring (bicyclic) bond motifs is 9. The maximum atomic E-state index is 6.36. The summed E-state index contributed by atoms with van der Waals surface area (Å²) in [6.45, 7) is 0. The summed E-state index contributed by atoms with van der Waals surface area (Å²) in [6, 6.07) is 54.4. The smallest absolute Gasteiger partial charge is 0.137 e. The Kier molecular flexibility index (Phi) is 4.93. The third-order valence-corrected chi connectivity index (χ3v) is 8.63. The van der Waals surface area contributed by atoms with E-state index >= 15 is 0 Å². The van der Waals surface area contributed by atoms with Gasteiger partial charge in [0, 0.05) is 16.2 Å². The topological polar surface area (TPSA) is 16.4 Å². The SMILES string of the molecule is c1ccc2c(N(c3cccc4c3ccc3c5ccccc5ccc43)c3cccc4oc5ccccc5c34)cccc2c1. The van der Waals surface area contributed by atoms with Gasteiger partial charge in [-0.2, -0.15) is 0 Å². The van der Waals surface area contributed by atoms with Gasteiger partial charge < -0.3 is 9.32 Å². The number of para-hydroxylation sites is 1. The lowest BCUT2D eigenvalue weighted by atomic mass is 9.95. The second kappa shape index (κ2) is 8.95. The van der Waals surface area contributed by atoms with Crippen LogP contribution < -0.4 is 4.90 Å². The molecule has 42 heavy (non-hydrogen) atoms. The van der Waals surface area contributed by atoms with Crippen LogP contribution in [0.25, 0.3) is 65.0 Å². The minimum Gasteiger partial charge on any atom is -0.456 e. The van der Waals surface area contributed by atoms with Crippen LogP contribution in [0.15, 0.2) is 156 Å². The minimum absolute atomic E-state index is 0.885. The van der Waals surface area contributed by atoms with Crippen molar-refractivity contribution in [3.63, 3.8) is 0 Å². The number of benzene rings is 8. The highest BCUT2D eigenvalue weighted by atomic mass is 16.3. The summed E-state index contributed by atoms with van der Waals surface area (Å²) in [6.07, 6.45) is 0. The van der Waals surface area contributed by atoms with Crippen molar-refractivity contribution in [1.82, 2.24) is 0 Å². The van der Waals surface area contributed by atoms with Gasteiger partial charge in [0.05, 0.1) is 22.4 Å². The Morgan fingerprint density at radius 3 is 1.69 bits per heavy atom. The maximum Gasteiger partial charge on any atom is 0.137 e. The van der Waals surface area contributed by atoms with Crippen LogP contribution in [0.4, 0.5) is 17.1 Å². The van der Waals surface area contributed by atoms with E-state index in [1.165, 1.54) is 43.1 Å². The molecule has 0 aliphatic carbocycles. The van der Waals surface area contributed by atoms with Gasteiger partial charge in [-0.15, -0.1) is 0 Å². The molecule has 0 N–H and O–H groups in total. The van der Waals surface area contributed by atoms with E-state index in [1.807, 2.05) is 6.07 Å². The highest BCUT2D eigenvalue weighted by Crippen LogP contribution is 2.47. The third-order valence-electron chi connectivity index (χ3n) is 8.63. The number of rotatable bonds is 3. The lowest BCUT2D eigenvalue weighted by Crippen LogP contribution is -2.11. The van der Waals surface area contributed by atoms with Crippen LogP contribution in [-0.4, -0.2) is 0 Å². The van der Waals surface area contributed by atoms with Gasteiger partial charge in [0.15, 0.2) is 0 Å². The monoisotopic (exact) mass is 535 g/mol. The molecule has 0 bridgehead atoms. The van der Waals surface area contributed by atoms with E-state index in [-0.39, 0.29) is 0 Å². The average Bonchev–Trinajstić information content (AvgIpc) is 3.44. The molecule has 1 heterocycles. The summed E-state index contributed by atoms with van der Waals surface area (Å²) in [7, 11) is 0. The molecule has 9 aromatic rings. The van der Waals surface area contributed by atoms with Crippen LogP contribution in [-0.2, 0) is 0 Å². The normalized spacial score (nSPS) is 11.8. The molecule has 9 rings (SSSR count). The Bertz CT molecular complexity index is 2480. The zero-order valence-corrected chi connectivity index (χ0v) is 22.8. The van der Waals surface area contributed by atoms with Crippen LogP contribution in [0.5, 0.6) is 0 Å². The van der Waals surface area contributed by atoms with Crippen LogP contribution >= 0.6 is 0 Å². The van der Waals surface area contributed by atoms with E-state index in [0.717, 1.165) is 39.0 Å². The van der Waals surface area contributed by atoms with Gasteiger partial charge in [0.25, 0.3) is 0 Å². The second-order valence-corrected chi connectivity index (χ2v) is 10.9. The molecule has 0 amide bonds. The van der Waals surface area contributed by atoms with Crippen LogP contribution in [0.2, 0.25) is 0 Å². The average molecular weight is 536 g/mol. The molecule has 0 aliphatic rings. The quantitative estimate of drug-likeness (QED) is 0.209. The van der Waals surface area contributed by atoms with Crippen LogP contribution in [0.3, 0.4) is 0 Å². The van der Waals surface area contributed by atoms with Gasteiger partial charge in [0.1, 0.15) is 11.2 Å². The summed E-state index contributed by atoms with van der Waals surface area (Å²) in [4.78, 5) is 2.43. The van der Waals surface area contributed by atoms with Crippen molar-refractivity contribution in [2.45, 2.75) is 0 Å². The number of anilines is 3. The van der Waals surface area contributed by atoms with E-state index in [2.05, 4.69) is 150 Å². The standard InChI is InChI=1S/C40H25NO/c1-3-13-28-27(11-1)22-23-32-30-16-8-18-36(33(30)25-24-31(28)32)41(35-17-7-12-26-10-2-4-14-29(26)35)37-19-9-21-39-40(37)34-15-5-6-20-38(34)42-39/h1-25H. The number of furan rings is 1. The fourth-order valence-corrected chi connectivity index (χ4v) is 6.77. The highest BCUT2D eigenvalue weighted by Gasteiger charge is 2.22. The molecule has 0 spiro atoms. The van der Waals surface area contributed by atoms with Crippen molar-refractivity contribution in [3.05, 3.63) is 152 Å². The van der Waals surface area contributed by atoms with Gasteiger partial charge in [-0.1, -0.05) is 121 Å². The lowest BCUT2D eigenvalue weighted by molar-refractivity contribution is 0.669. The molecule has 1 aromatic heterocycles. The molecule has 0 saturated carbocycles. The van der Waals surface area contributed by atoms with Crippen LogP contribution in [0.1, 0.15) is 0 Å². The Labute approximate surface area is 242 Å². The first-order valence-electron chi connectivity index (χ1n) is 14.4. The molecule has 0 saturated heterocycles. The summed E-state index contributed by atoms with van der Waals surface area (Å²) in [5.41, 5.74) is 5.15. The molecule has 196 valence electrons. The first kappa shape index (κ1) is 23.1. The zero-order valence-electron chi connectivity index (χ0n) is 22.8. The molecule has 0 fully saturated rings. The number of hydrogen-bond donors (Lipinski definition) is 0. The van der Waals surface area contributed by atoms with Crippen LogP contribution in [0, 0.1) is 0 Å². The summed E-state index contributed by atoms with van der Waals surface area (Å²) >= 11 is 0. The fourth-order valence-electron chi connectivity index (χ4n) is 6.77. The third kappa shape index (κ3) is 3.33. The number of hydrogen-bond acceptors (Lipinski definition) is 2. The lowest BCUT2D eigenvalue weighted by Gasteiger charge is -2.29. The van der Waals surface area contributed by atoms with Crippen molar-refractivity contribution in [1.29, 1.82) is 0 Å². The van der Waals surface area contributed by atoms with Crippen molar-refractivity contribution in [2.24, 2.45) is 0 Å². The number of nitrogens with zero attached hydrogens (tertiary/aromatic N) is 1. The Morgan fingerprint density at radius 1 is 0.310 bits per heavy atom. The first-order chi connectivity index (χ1) is 20.8. The summed E-state index contributed by atoms with van der Waals surface area (Å²) < 4.78 is 6.36. The van der Waals surface area contributed by atoms with Gasteiger partial charge in [-0.05, 0) is 62.6 Å². The minimum atomic E-state index is 0.885. The second-order valence-electron chi connectivity index (χ2n) is 10.9. The van der Waals surface area contributed by atoms with Crippen molar-refractivity contribution in [3.8, 4) is 0 Å². The summed E-state index contributed by atoms with van der Waals surface area (Å²) in [5.74, 6) is 0. The molecule has 2 heteroatoms. The van der Waals surface area contributed by atoms with Gasteiger partial charge >= 0.3 is 0 Å². The molecule has 8 aromatic carbocycles. The molecule has 0 radical (unpaired) electrons.